The molecule has 0 bridgehead atoms. The first-order valence-corrected chi connectivity index (χ1v) is 6.03. The van der Waals surface area contributed by atoms with E-state index in [2.05, 4.69) is 11.8 Å². The summed E-state index contributed by atoms with van der Waals surface area (Å²) in [5, 5.41) is 0. The van der Waals surface area contributed by atoms with Gasteiger partial charge in [0.1, 0.15) is 5.78 Å². The number of likely N-dealkylation sites (tertiary alicyclic amines) is 1. The van der Waals surface area contributed by atoms with Gasteiger partial charge in [0.25, 0.3) is 0 Å². The molecule has 2 aliphatic rings. The van der Waals surface area contributed by atoms with Crippen LogP contribution in [0, 0.1) is 5.92 Å². The van der Waals surface area contributed by atoms with Crippen LogP contribution < -0.4 is 0 Å². The molecule has 0 amide bonds. The van der Waals surface area contributed by atoms with Crippen molar-refractivity contribution in [3.8, 4) is 0 Å². The molecule has 2 nitrogen and oxygen atoms in total. The molecule has 2 heteroatoms. The Hall–Kier alpha value is -0.370. The average Bonchev–Trinajstić information content (AvgIpc) is 2.20. The van der Waals surface area contributed by atoms with Crippen molar-refractivity contribution in [3.05, 3.63) is 0 Å². The minimum atomic E-state index is 0.463. The molecule has 1 heterocycles. The lowest BCUT2D eigenvalue weighted by molar-refractivity contribution is -0.122. The lowest BCUT2D eigenvalue weighted by Gasteiger charge is -2.40. The molecule has 1 saturated carbocycles. The zero-order valence-electron chi connectivity index (χ0n) is 9.17. The Balaban J connectivity index is 1.90. The first-order valence-electron chi connectivity index (χ1n) is 6.03. The van der Waals surface area contributed by atoms with E-state index in [0.717, 1.165) is 37.9 Å². The highest BCUT2D eigenvalue weighted by atomic mass is 16.1. The number of carbonyl (C=O) groups excluding carboxylic acids is 1. The van der Waals surface area contributed by atoms with Crippen molar-refractivity contribution in [1.29, 1.82) is 0 Å². The second kappa shape index (κ2) is 4.43. The van der Waals surface area contributed by atoms with Crippen LogP contribution in [-0.2, 0) is 4.79 Å². The maximum atomic E-state index is 11.1. The summed E-state index contributed by atoms with van der Waals surface area (Å²) in [5.74, 6) is 1.31. The minimum absolute atomic E-state index is 0.463. The Morgan fingerprint density at radius 2 is 1.79 bits per heavy atom. The van der Waals surface area contributed by atoms with Gasteiger partial charge >= 0.3 is 0 Å². The Bertz CT molecular complexity index is 204. The summed E-state index contributed by atoms with van der Waals surface area (Å²) in [5.41, 5.74) is 0. The van der Waals surface area contributed by atoms with Crippen LogP contribution >= 0.6 is 0 Å². The fourth-order valence-corrected chi connectivity index (χ4v) is 2.94. The third-order valence-electron chi connectivity index (χ3n) is 3.89. The molecule has 0 N–H and O–H groups in total. The number of hydrogen-bond donors (Lipinski definition) is 0. The van der Waals surface area contributed by atoms with Gasteiger partial charge in [-0.25, -0.2) is 0 Å². The van der Waals surface area contributed by atoms with Crippen LogP contribution in [-0.4, -0.2) is 29.8 Å². The van der Waals surface area contributed by atoms with Crippen LogP contribution in [0.2, 0.25) is 0 Å². The van der Waals surface area contributed by atoms with E-state index in [9.17, 15) is 4.79 Å². The van der Waals surface area contributed by atoms with Gasteiger partial charge in [0.15, 0.2) is 0 Å². The molecule has 0 radical (unpaired) electrons. The zero-order chi connectivity index (χ0) is 9.97. The van der Waals surface area contributed by atoms with Crippen molar-refractivity contribution in [2.75, 3.05) is 13.1 Å². The number of rotatable bonds is 1. The van der Waals surface area contributed by atoms with Crippen molar-refractivity contribution < 1.29 is 4.79 Å². The summed E-state index contributed by atoms with van der Waals surface area (Å²) in [6.07, 6.45) is 7.13. The Labute approximate surface area is 86.7 Å². The number of hydrogen-bond acceptors (Lipinski definition) is 2. The highest BCUT2D eigenvalue weighted by Gasteiger charge is 2.29. The SMILES string of the molecule is CC1CCCCC1N1CCC(=O)CC1. The van der Waals surface area contributed by atoms with Crippen molar-refractivity contribution in [2.24, 2.45) is 5.92 Å². The molecule has 2 atom stereocenters. The predicted molar refractivity (Wildman–Crippen MR) is 57.2 cm³/mol. The van der Waals surface area contributed by atoms with Crippen LogP contribution in [0.4, 0.5) is 0 Å². The third kappa shape index (κ3) is 2.17. The van der Waals surface area contributed by atoms with E-state index in [1.165, 1.54) is 25.7 Å². The molecule has 1 aliphatic carbocycles. The lowest BCUT2D eigenvalue weighted by atomic mass is 9.84. The maximum absolute atomic E-state index is 11.1. The molecule has 2 rings (SSSR count). The highest BCUT2D eigenvalue weighted by molar-refractivity contribution is 5.79. The van der Waals surface area contributed by atoms with Crippen LogP contribution in [0.5, 0.6) is 0 Å². The average molecular weight is 195 g/mol. The Morgan fingerprint density at radius 1 is 1.14 bits per heavy atom. The van der Waals surface area contributed by atoms with Crippen molar-refractivity contribution in [3.63, 3.8) is 0 Å². The lowest BCUT2D eigenvalue weighted by Crippen LogP contribution is -2.45. The standard InChI is InChI=1S/C12H21NO/c1-10-4-2-3-5-12(10)13-8-6-11(14)7-9-13/h10,12H,2-9H2,1H3. The molecule has 14 heavy (non-hydrogen) atoms. The third-order valence-corrected chi connectivity index (χ3v) is 3.89. The minimum Gasteiger partial charge on any atom is -0.300 e. The van der Waals surface area contributed by atoms with Gasteiger partial charge in [0, 0.05) is 32.0 Å². The molecule has 0 aromatic carbocycles. The van der Waals surface area contributed by atoms with Gasteiger partial charge in [-0.3, -0.25) is 9.69 Å². The quantitative estimate of drug-likeness (QED) is 0.639. The van der Waals surface area contributed by atoms with Crippen LogP contribution in [0.15, 0.2) is 0 Å². The summed E-state index contributed by atoms with van der Waals surface area (Å²) < 4.78 is 0. The monoisotopic (exact) mass is 195 g/mol. The normalized spacial score (nSPS) is 35.9. The summed E-state index contributed by atoms with van der Waals surface area (Å²) in [7, 11) is 0. The summed E-state index contributed by atoms with van der Waals surface area (Å²) in [4.78, 5) is 13.7. The summed E-state index contributed by atoms with van der Waals surface area (Å²) in [6.45, 7) is 4.42. The van der Waals surface area contributed by atoms with Crippen LogP contribution in [0.3, 0.4) is 0 Å². The first-order chi connectivity index (χ1) is 6.77. The number of piperidine rings is 1. The van der Waals surface area contributed by atoms with E-state index in [1.807, 2.05) is 0 Å². The molecular weight excluding hydrogens is 174 g/mol. The topological polar surface area (TPSA) is 20.3 Å². The highest BCUT2D eigenvalue weighted by Crippen LogP contribution is 2.29. The van der Waals surface area contributed by atoms with E-state index in [-0.39, 0.29) is 0 Å². The molecule has 80 valence electrons. The Morgan fingerprint density at radius 3 is 2.43 bits per heavy atom. The van der Waals surface area contributed by atoms with Crippen molar-refractivity contribution in [2.45, 2.75) is 51.5 Å². The molecule has 0 aromatic rings. The van der Waals surface area contributed by atoms with Gasteiger partial charge in [-0.05, 0) is 18.8 Å². The fourth-order valence-electron chi connectivity index (χ4n) is 2.94. The number of Topliss-reactive ketones (excluding diaryl/α,β-unsaturated/α-hetero) is 1. The number of nitrogens with zero attached hydrogens (tertiary/aromatic N) is 1. The van der Waals surface area contributed by atoms with E-state index in [1.54, 1.807) is 0 Å². The van der Waals surface area contributed by atoms with Crippen LogP contribution in [0.25, 0.3) is 0 Å². The van der Waals surface area contributed by atoms with E-state index in [0.29, 0.717) is 5.78 Å². The molecule has 1 aliphatic heterocycles. The molecule has 0 spiro atoms. The van der Waals surface area contributed by atoms with E-state index < -0.39 is 0 Å². The second-order valence-corrected chi connectivity index (χ2v) is 4.90. The number of ketones is 1. The summed E-state index contributed by atoms with van der Waals surface area (Å²) in [6, 6.07) is 0.775. The second-order valence-electron chi connectivity index (χ2n) is 4.90. The smallest absolute Gasteiger partial charge is 0.135 e. The molecule has 1 saturated heterocycles. The van der Waals surface area contributed by atoms with Gasteiger partial charge in [-0.1, -0.05) is 19.8 Å². The van der Waals surface area contributed by atoms with Gasteiger partial charge in [0.05, 0.1) is 0 Å². The Kier molecular flexibility index (Phi) is 3.22. The molecule has 2 fully saturated rings. The van der Waals surface area contributed by atoms with Crippen molar-refractivity contribution >= 4 is 5.78 Å². The maximum Gasteiger partial charge on any atom is 0.135 e. The van der Waals surface area contributed by atoms with Gasteiger partial charge in [-0.2, -0.15) is 0 Å². The zero-order valence-corrected chi connectivity index (χ0v) is 9.17. The molecule has 2 unspecified atom stereocenters. The molecular formula is C12H21NO. The van der Waals surface area contributed by atoms with Crippen LogP contribution in [0.1, 0.15) is 45.4 Å². The van der Waals surface area contributed by atoms with Gasteiger partial charge in [0.2, 0.25) is 0 Å². The predicted octanol–water partition coefficient (Wildman–Crippen LogP) is 2.23. The number of carbonyl (C=O) groups is 1. The fraction of sp³-hybridized carbons (Fsp3) is 0.917. The van der Waals surface area contributed by atoms with Crippen molar-refractivity contribution in [1.82, 2.24) is 4.90 Å². The summed E-state index contributed by atoms with van der Waals surface area (Å²) >= 11 is 0. The van der Waals surface area contributed by atoms with Gasteiger partial charge in [-0.15, -0.1) is 0 Å². The van der Waals surface area contributed by atoms with E-state index >= 15 is 0 Å². The van der Waals surface area contributed by atoms with E-state index in [4.69, 9.17) is 0 Å². The first kappa shape index (κ1) is 10.2. The largest absolute Gasteiger partial charge is 0.300 e. The van der Waals surface area contributed by atoms with Gasteiger partial charge < -0.3 is 0 Å². The molecule has 0 aromatic heterocycles.